The molecule has 0 spiro atoms. The minimum atomic E-state index is -0.273. The molecule has 1 aromatic carbocycles. The van der Waals surface area contributed by atoms with E-state index in [9.17, 15) is 4.39 Å². The summed E-state index contributed by atoms with van der Waals surface area (Å²) in [6.45, 7) is 1.98. The lowest BCUT2D eigenvalue weighted by Crippen LogP contribution is -2.38. The minimum absolute atomic E-state index is 0.273. The first kappa shape index (κ1) is 16.6. The van der Waals surface area contributed by atoms with E-state index < -0.39 is 0 Å². The van der Waals surface area contributed by atoms with Gasteiger partial charge in [-0.3, -0.25) is 4.98 Å². The molecule has 1 atom stereocenters. The van der Waals surface area contributed by atoms with Gasteiger partial charge in [0.25, 0.3) is 0 Å². The van der Waals surface area contributed by atoms with Crippen LogP contribution in [0.5, 0.6) is 0 Å². The molecule has 5 nitrogen and oxygen atoms in total. The Labute approximate surface area is 151 Å². The van der Waals surface area contributed by atoms with Gasteiger partial charge in [-0.05, 0) is 55.8 Å². The molecule has 0 aliphatic carbocycles. The highest BCUT2D eigenvalue weighted by atomic mass is 19.1. The highest BCUT2D eigenvalue weighted by Gasteiger charge is 2.15. The van der Waals surface area contributed by atoms with E-state index in [1.807, 2.05) is 18.2 Å². The lowest BCUT2D eigenvalue weighted by Gasteiger charge is -2.24. The SMILES string of the molecule is Fc1ccc(-c2nc(NC3CCCNC3)cc(-c3ccncc3)n2)cc1. The van der Waals surface area contributed by atoms with E-state index in [2.05, 4.69) is 25.6 Å². The lowest BCUT2D eigenvalue weighted by atomic mass is 10.1. The molecule has 1 aliphatic heterocycles. The maximum atomic E-state index is 13.3. The van der Waals surface area contributed by atoms with E-state index in [1.54, 1.807) is 24.5 Å². The minimum Gasteiger partial charge on any atom is -0.366 e. The third-order valence-corrected chi connectivity index (χ3v) is 4.45. The van der Waals surface area contributed by atoms with Crippen LogP contribution in [0.2, 0.25) is 0 Å². The molecule has 1 fully saturated rings. The van der Waals surface area contributed by atoms with Crippen molar-refractivity contribution in [3.63, 3.8) is 0 Å². The summed E-state index contributed by atoms with van der Waals surface area (Å²) in [4.78, 5) is 13.4. The van der Waals surface area contributed by atoms with E-state index in [0.29, 0.717) is 11.9 Å². The summed E-state index contributed by atoms with van der Waals surface area (Å²) in [6.07, 6.45) is 5.73. The Bertz CT molecular complexity index is 861. The number of anilines is 1. The molecular formula is C20H20FN5. The molecule has 4 rings (SSSR count). The van der Waals surface area contributed by atoms with Gasteiger partial charge >= 0.3 is 0 Å². The van der Waals surface area contributed by atoms with Crippen LogP contribution in [0.1, 0.15) is 12.8 Å². The summed E-state index contributed by atoms with van der Waals surface area (Å²) < 4.78 is 13.3. The molecule has 132 valence electrons. The van der Waals surface area contributed by atoms with Crippen molar-refractivity contribution in [3.05, 3.63) is 60.7 Å². The number of aromatic nitrogens is 3. The quantitative estimate of drug-likeness (QED) is 0.755. The fourth-order valence-corrected chi connectivity index (χ4v) is 3.10. The predicted octanol–water partition coefficient (Wildman–Crippen LogP) is 3.51. The number of pyridine rings is 1. The highest BCUT2D eigenvalue weighted by molar-refractivity contribution is 5.67. The van der Waals surface area contributed by atoms with Crippen molar-refractivity contribution in [2.45, 2.75) is 18.9 Å². The topological polar surface area (TPSA) is 62.7 Å². The van der Waals surface area contributed by atoms with Gasteiger partial charge in [0.05, 0.1) is 5.69 Å². The largest absolute Gasteiger partial charge is 0.366 e. The average Bonchev–Trinajstić information content (AvgIpc) is 2.70. The summed E-state index contributed by atoms with van der Waals surface area (Å²) in [5.74, 6) is 1.08. The Kier molecular flexibility index (Phi) is 4.84. The van der Waals surface area contributed by atoms with Crippen molar-refractivity contribution in [1.82, 2.24) is 20.3 Å². The van der Waals surface area contributed by atoms with Crippen molar-refractivity contribution >= 4 is 5.82 Å². The van der Waals surface area contributed by atoms with Crippen molar-refractivity contribution in [2.75, 3.05) is 18.4 Å². The second-order valence-electron chi connectivity index (χ2n) is 6.39. The smallest absolute Gasteiger partial charge is 0.162 e. The first-order chi connectivity index (χ1) is 12.8. The van der Waals surface area contributed by atoms with Gasteiger partial charge in [0.1, 0.15) is 11.6 Å². The second kappa shape index (κ2) is 7.58. The van der Waals surface area contributed by atoms with Gasteiger partial charge in [-0.25, -0.2) is 14.4 Å². The van der Waals surface area contributed by atoms with E-state index in [1.165, 1.54) is 12.1 Å². The molecule has 0 saturated carbocycles. The van der Waals surface area contributed by atoms with Crippen molar-refractivity contribution in [3.8, 4) is 22.6 Å². The average molecular weight is 349 g/mol. The van der Waals surface area contributed by atoms with Crippen LogP contribution in [0.15, 0.2) is 54.9 Å². The lowest BCUT2D eigenvalue weighted by molar-refractivity contribution is 0.479. The molecule has 3 heterocycles. The number of piperidine rings is 1. The Balaban J connectivity index is 1.72. The molecule has 0 bridgehead atoms. The zero-order valence-corrected chi connectivity index (χ0v) is 14.3. The molecule has 2 N–H and O–H groups in total. The third-order valence-electron chi connectivity index (χ3n) is 4.45. The Morgan fingerprint density at radius 2 is 1.81 bits per heavy atom. The molecule has 1 saturated heterocycles. The number of hydrogen-bond donors (Lipinski definition) is 2. The number of nitrogens with zero attached hydrogens (tertiary/aromatic N) is 3. The van der Waals surface area contributed by atoms with Crippen LogP contribution in [-0.2, 0) is 0 Å². The summed E-state index contributed by atoms with van der Waals surface area (Å²) in [7, 11) is 0. The summed E-state index contributed by atoms with van der Waals surface area (Å²) in [5, 5.41) is 6.91. The zero-order valence-electron chi connectivity index (χ0n) is 14.3. The van der Waals surface area contributed by atoms with Crippen LogP contribution in [0.3, 0.4) is 0 Å². The Morgan fingerprint density at radius 3 is 2.54 bits per heavy atom. The van der Waals surface area contributed by atoms with Gasteiger partial charge in [-0.2, -0.15) is 0 Å². The van der Waals surface area contributed by atoms with Crippen LogP contribution in [0.4, 0.5) is 10.2 Å². The standard InChI is InChI=1S/C20H20FN5/c21-16-5-3-15(4-6-16)20-25-18(14-7-10-22-11-8-14)12-19(26-20)24-17-2-1-9-23-13-17/h3-8,10-12,17,23H,1-2,9,13H2,(H,24,25,26). The van der Waals surface area contributed by atoms with Crippen LogP contribution < -0.4 is 10.6 Å². The fourth-order valence-electron chi connectivity index (χ4n) is 3.10. The molecule has 0 amide bonds. The third kappa shape index (κ3) is 3.86. The van der Waals surface area contributed by atoms with Gasteiger partial charge in [0, 0.05) is 42.2 Å². The molecule has 1 aliphatic rings. The van der Waals surface area contributed by atoms with Gasteiger partial charge in [-0.15, -0.1) is 0 Å². The molecule has 3 aromatic rings. The maximum absolute atomic E-state index is 13.3. The summed E-state index contributed by atoms with van der Waals surface area (Å²) in [5.41, 5.74) is 2.57. The first-order valence-corrected chi connectivity index (χ1v) is 8.80. The number of hydrogen-bond acceptors (Lipinski definition) is 5. The molecule has 0 radical (unpaired) electrons. The van der Waals surface area contributed by atoms with Gasteiger partial charge in [0.15, 0.2) is 5.82 Å². The van der Waals surface area contributed by atoms with Crippen molar-refractivity contribution in [1.29, 1.82) is 0 Å². The summed E-state index contributed by atoms with van der Waals surface area (Å²) in [6, 6.07) is 12.4. The fraction of sp³-hybridized carbons (Fsp3) is 0.250. The van der Waals surface area contributed by atoms with Crippen LogP contribution in [-0.4, -0.2) is 34.1 Å². The van der Waals surface area contributed by atoms with Gasteiger partial charge in [0.2, 0.25) is 0 Å². The van der Waals surface area contributed by atoms with Crippen molar-refractivity contribution in [2.24, 2.45) is 0 Å². The van der Waals surface area contributed by atoms with E-state index >= 15 is 0 Å². The van der Waals surface area contributed by atoms with Gasteiger partial charge < -0.3 is 10.6 Å². The highest BCUT2D eigenvalue weighted by Crippen LogP contribution is 2.25. The first-order valence-electron chi connectivity index (χ1n) is 8.80. The molecule has 26 heavy (non-hydrogen) atoms. The number of halogens is 1. The summed E-state index contributed by atoms with van der Waals surface area (Å²) >= 11 is 0. The number of nitrogens with one attached hydrogen (secondary N) is 2. The molecule has 6 heteroatoms. The molecule has 2 aromatic heterocycles. The van der Waals surface area contributed by atoms with Crippen molar-refractivity contribution < 1.29 is 4.39 Å². The van der Waals surface area contributed by atoms with E-state index in [0.717, 1.165) is 48.6 Å². The van der Waals surface area contributed by atoms with E-state index in [4.69, 9.17) is 0 Å². The molecule has 1 unspecified atom stereocenters. The monoisotopic (exact) mass is 349 g/mol. The van der Waals surface area contributed by atoms with Crippen LogP contribution in [0.25, 0.3) is 22.6 Å². The van der Waals surface area contributed by atoms with Gasteiger partial charge in [-0.1, -0.05) is 0 Å². The van der Waals surface area contributed by atoms with Crippen LogP contribution >= 0.6 is 0 Å². The normalized spacial score (nSPS) is 17.0. The van der Waals surface area contributed by atoms with E-state index in [-0.39, 0.29) is 5.82 Å². The Hall–Kier alpha value is -2.86. The Morgan fingerprint density at radius 1 is 1.00 bits per heavy atom. The predicted molar refractivity (Wildman–Crippen MR) is 100 cm³/mol. The number of benzene rings is 1. The maximum Gasteiger partial charge on any atom is 0.162 e. The van der Waals surface area contributed by atoms with Crippen LogP contribution in [0, 0.1) is 5.82 Å². The zero-order chi connectivity index (χ0) is 17.8. The second-order valence-corrected chi connectivity index (χ2v) is 6.39. The number of rotatable bonds is 4. The molecular weight excluding hydrogens is 329 g/mol.